The van der Waals surface area contributed by atoms with E-state index >= 15 is 0 Å². The maximum Gasteiger partial charge on any atom is 0.205 e. The highest BCUT2D eigenvalue weighted by atomic mass is 17.3. The van der Waals surface area contributed by atoms with Crippen LogP contribution in [0.1, 0.15) is 66.2 Å². The fourth-order valence-electron chi connectivity index (χ4n) is 5.51. The fourth-order valence-corrected chi connectivity index (χ4v) is 5.51. The van der Waals surface area contributed by atoms with Gasteiger partial charge in [0.15, 0.2) is 11.9 Å². The molecule has 5 nitrogen and oxygen atoms in total. The normalized spacial score (nSPS) is 51.5. The SMILES string of the molecule is C=C(CCC)OC1O[C@@H]2O[C@]3(C)CC[C@H]4[C@H](C)CCC([C@H]1C)[C@@]24OO3. The highest BCUT2D eigenvalue weighted by Gasteiger charge is 2.69. The van der Waals surface area contributed by atoms with Crippen molar-refractivity contribution in [2.45, 2.75) is 90.2 Å². The van der Waals surface area contributed by atoms with Crippen LogP contribution in [0.4, 0.5) is 0 Å². The van der Waals surface area contributed by atoms with Crippen LogP contribution in [0, 0.1) is 23.7 Å². The van der Waals surface area contributed by atoms with Gasteiger partial charge in [0.05, 0.1) is 5.76 Å². The summed E-state index contributed by atoms with van der Waals surface area (Å²) in [6, 6.07) is 0. The van der Waals surface area contributed by atoms with Gasteiger partial charge in [-0.3, -0.25) is 0 Å². The molecule has 8 atom stereocenters. The average Bonchev–Trinajstić information content (AvgIpc) is 2.79. The Morgan fingerprint density at radius 2 is 1.96 bits per heavy atom. The summed E-state index contributed by atoms with van der Waals surface area (Å²) < 4.78 is 18.8. The molecule has 0 amide bonds. The van der Waals surface area contributed by atoms with Crippen LogP contribution in [-0.2, 0) is 24.0 Å². The quantitative estimate of drug-likeness (QED) is 0.550. The zero-order valence-corrected chi connectivity index (χ0v) is 16.0. The molecule has 0 aromatic carbocycles. The Labute approximate surface area is 150 Å². The second-order valence-corrected chi connectivity index (χ2v) is 8.68. The average molecular weight is 352 g/mol. The van der Waals surface area contributed by atoms with Crippen molar-refractivity contribution in [2.75, 3.05) is 0 Å². The fraction of sp³-hybridized carbons (Fsp3) is 0.900. The van der Waals surface area contributed by atoms with Crippen molar-refractivity contribution in [1.82, 2.24) is 0 Å². The van der Waals surface area contributed by atoms with E-state index in [1.165, 1.54) is 6.42 Å². The number of ether oxygens (including phenoxy) is 3. The first-order valence-electron chi connectivity index (χ1n) is 9.94. The first-order valence-corrected chi connectivity index (χ1v) is 9.94. The lowest BCUT2D eigenvalue weighted by atomic mass is 9.58. The minimum atomic E-state index is -0.733. The Bertz CT molecular complexity index is 536. The van der Waals surface area contributed by atoms with Crippen molar-refractivity contribution in [3.8, 4) is 0 Å². The van der Waals surface area contributed by atoms with Crippen LogP contribution >= 0.6 is 0 Å². The second-order valence-electron chi connectivity index (χ2n) is 8.68. The van der Waals surface area contributed by atoms with Crippen molar-refractivity contribution in [3.63, 3.8) is 0 Å². The van der Waals surface area contributed by atoms with Crippen molar-refractivity contribution >= 4 is 0 Å². The molecule has 5 aliphatic rings. The highest BCUT2D eigenvalue weighted by Crippen LogP contribution is 2.60. The van der Waals surface area contributed by atoms with Crippen molar-refractivity contribution in [3.05, 3.63) is 12.3 Å². The smallest absolute Gasteiger partial charge is 0.205 e. The maximum atomic E-state index is 6.36. The molecule has 4 aliphatic heterocycles. The van der Waals surface area contributed by atoms with Crippen LogP contribution in [0.5, 0.6) is 0 Å². The molecule has 142 valence electrons. The Balaban J connectivity index is 1.66. The minimum Gasteiger partial charge on any atom is -0.470 e. The van der Waals surface area contributed by atoms with Gasteiger partial charge >= 0.3 is 0 Å². The summed E-state index contributed by atoms with van der Waals surface area (Å²) in [6.07, 6.45) is 5.27. The Morgan fingerprint density at radius 3 is 2.72 bits per heavy atom. The van der Waals surface area contributed by atoms with Gasteiger partial charge in [0.2, 0.25) is 12.1 Å². The number of hydrogen-bond donors (Lipinski definition) is 0. The topological polar surface area (TPSA) is 46.2 Å². The molecule has 1 aliphatic carbocycles. The molecule has 25 heavy (non-hydrogen) atoms. The number of allylic oxidation sites excluding steroid dienone is 1. The van der Waals surface area contributed by atoms with E-state index in [1.54, 1.807) is 0 Å². The molecule has 0 N–H and O–H groups in total. The molecule has 5 fully saturated rings. The van der Waals surface area contributed by atoms with E-state index in [9.17, 15) is 0 Å². The van der Waals surface area contributed by atoms with Crippen molar-refractivity contribution in [1.29, 1.82) is 0 Å². The Morgan fingerprint density at radius 1 is 1.16 bits per heavy atom. The first kappa shape index (κ1) is 17.8. The summed E-state index contributed by atoms with van der Waals surface area (Å²) >= 11 is 0. The second kappa shape index (κ2) is 6.22. The van der Waals surface area contributed by atoms with Crippen LogP contribution in [0.3, 0.4) is 0 Å². The predicted octanol–water partition coefficient (Wildman–Crippen LogP) is 4.52. The molecule has 2 bridgehead atoms. The largest absolute Gasteiger partial charge is 0.470 e. The summed E-state index contributed by atoms with van der Waals surface area (Å²) in [5.41, 5.74) is -0.515. The number of fused-ring (bicyclic) bond motifs is 2. The Hall–Kier alpha value is -0.620. The van der Waals surface area contributed by atoms with E-state index in [0.29, 0.717) is 17.8 Å². The van der Waals surface area contributed by atoms with Gasteiger partial charge in [0, 0.05) is 24.7 Å². The molecule has 4 saturated heterocycles. The minimum absolute atomic E-state index is 0.203. The van der Waals surface area contributed by atoms with Crippen LogP contribution in [0.25, 0.3) is 0 Å². The van der Waals surface area contributed by atoms with E-state index < -0.39 is 17.7 Å². The third kappa shape index (κ3) is 2.66. The Kier molecular flexibility index (Phi) is 4.42. The summed E-state index contributed by atoms with van der Waals surface area (Å²) in [7, 11) is 0. The van der Waals surface area contributed by atoms with Crippen LogP contribution in [-0.4, -0.2) is 24.0 Å². The van der Waals surface area contributed by atoms with Gasteiger partial charge in [-0.25, -0.2) is 9.78 Å². The maximum absolute atomic E-state index is 6.36. The molecule has 1 saturated carbocycles. The standard InChI is InChI=1S/C20H32O5/c1-6-7-13(3)21-17-14(4)16-9-8-12(2)15-10-11-19(5)23-18(22-17)20(15,16)25-24-19/h12,14-18H,3,6-11H2,1-2,4-5H3/t12-,14-,15+,16?,17?,18-,19+,20-/m1/s1. The third-order valence-electron chi connectivity index (χ3n) is 6.91. The summed E-state index contributed by atoms with van der Waals surface area (Å²) in [5, 5.41) is 0. The van der Waals surface area contributed by atoms with Crippen LogP contribution < -0.4 is 0 Å². The molecule has 2 unspecified atom stereocenters. The van der Waals surface area contributed by atoms with Crippen molar-refractivity contribution < 1.29 is 24.0 Å². The van der Waals surface area contributed by atoms with E-state index in [4.69, 9.17) is 24.0 Å². The molecule has 0 radical (unpaired) electrons. The predicted molar refractivity (Wildman–Crippen MR) is 92.0 cm³/mol. The van der Waals surface area contributed by atoms with Gasteiger partial charge in [-0.05, 0) is 44.4 Å². The van der Waals surface area contributed by atoms with E-state index in [2.05, 4.69) is 27.4 Å². The summed E-state index contributed by atoms with van der Waals surface area (Å²) in [5.74, 6) is 1.53. The van der Waals surface area contributed by atoms with Crippen molar-refractivity contribution in [2.24, 2.45) is 23.7 Å². The molecular formula is C20H32O5. The van der Waals surface area contributed by atoms with Gasteiger partial charge < -0.3 is 14.2 Å². The lowest BCUT2D eigenvalue weighted by molar-refractivity contribution is -0.576. The monoisotopic (exact) mass is 352 g/mol. The molecule has 0 aromatic rings. The molecule has 1 spiro atoms. The van der Waals surface area contributed by atoms with E-state index in [1.807, 2.05) is 6.92 Å². The molecule has 5 rings (SSSR count). The zero-order chi connectivity index (χ0) is 17.8. The summed E-state index contributed by atoms with van der Waals surface area (Å²) in [4.78, 5) is 12.0. The number of hydrogen-bond acceptors (Lipinski definition) is 5. The molecule has 4 heterocycles. The molecular weight excluding hydrogens is 320 g/mol. The van der Waals surface area contributed by atoms with Crippen LogP contribution in [0.15, 0.2) is 12.3 Å². The lowest BCUT2D eigenvalue weighted by Crippen LogP contribution is -2.70. The highest BCUT2D eigenvalue weighted by molar-refractivity contribution is 5.09. The van der Waals surface area contributed by atoms with Gasteiger partial charge in [-0.2, -0.15) is 0 Å². The lowest BCUT2D eigenvalue weighted by Gasteiger charge is -2.60. The van der Waals surface area contributed by atoms with Crippen LogP contribution in [0.2, 0.25) is 0 Å². The van der Waals surface area contributed by atoms with E-state index in [0.717, 1.165) is 37.9 Å². The van der Waals surface area contributed by atoms with Gasteiger partial charge in [0.25, 0.3) is 0 Å². The van der Waals surface area contributed by atoms with Gasteiger partial charge in [-0.1, -0.05) is 27.4 Å². The molecule has 0 aromatic heterocycles. The molecule has 5 heteroatoms. The third-order valence-corrected chi connectivity index (χ3v) is 6.91. The zero-order valence-electron chi connectivity index (χ0n) is 16.0. The summed E-state index contributed by atoms with van der Waals surface area (Å²) in [6.45, 7) is 12.7. The number of rotatable bonds is 4. The van der Waals surface area contributed by atoms with Gasteiger partial charge in [0.1, 0.15) is 0 Å². The first-order chi connectivity index (χ1) is 11.9. The van der Waals surface area contributed by atoms with Gasteiger partial charge in [-0.15, -0.1) is 0 Å². The van der Waals surface area contributed by atoms with E-state index in [-0.39, 0.29) is 12.2 Å².